The first kappa shape index (κ1) is 34.2. The highest BCUT2D eigenvalue weighted by Crippen LogP contribution is 2.60. The summed E-state index contributed by atoms with van der Waals surface area (Å²) < 4.78 is 27.9. The Morgan fingerprint density at radius 3 is 2.02 bits per heavy atom. The van der Waals surface area contributed by atoms with Gasteiger partial charge in [0.1, 0.15) is 12.6 Å². The van der Waals surface area contributed by atoms with E-state index in [1.54, 1.807) is 4.90 Å². The van der Waals surface area contributed by atoms with Crippen LogP contribution in [0, 0.1) is 24.7 Å². The largest absolute Gasteiger partial charge is 0.354 e. The molecule has 0 saturated heterocycles. The Balaban J connectivity index is 1.29. The number of nitrogens with one attached hydrogen (secondary N) is 1. The van der Waals surface area contributed by atoms with Crippen molar-refractivity contribution in [1.82, 2.24) is 10.2 Å². The summed E-state index contributed by atoms with van der Waals surface area (Å²) in [4.78, 5) is 29.8. The van der Waals surface area contributed by atoms with Crippen molar-refractivity contribution in [3.05, 3.63) is 101 Å². The van der Waals surface area contributed by atoms with Crippen LogP contribution in [0.1, 0.15) is 80.5 Å². The van der Waals surface area contributed by atoms with Gasteiger partial charge in [0, 0.05) is 19.5 Å². The van der Waals surface area contributed by atoms with Crippen LogP contribution in [0.3, 0.4) is 0 Å². The van der Waals surface area contributed by atoms with E-state index in [0.717, 1.165) is 53.5 Å². The molecule has 4 saturated carbocycles. The van der Waals surface area contributed by atoms with Crippen LogP contribution in [-0.2, 0) is 38.0 Å². The molecule has 3 aromatic carbocycles. The van der Waals surface area contributed by atoms with Gasteiger partial charge in [0.15, 0.2) is 0 Å². The maximum Gasteiger partial charge on any atom is 0.244 e. The first-order valence-corrected chi connectivity index (χ1v) is 19.6. The van der Waals surface area contributed by atoms with E-state index in [0.29, 0.717) is 18.7 Å². The fourth-order valence-corrected chi connectivity index (χ4v) is 9.86. The predicted octanol–water partition coefficient (Wildman–Crippen LogP) is 6.79. The van der Waals surface area contributed by atoms with Crippen molar-refractivity contribution >= 4 is 27.5 Å². The third-order valence-electron chi connectivity index (χ3n) is 11.1. The lowest BCUT2D eigenvalue weighted by atomic mass is 9.48. The number of nitrogens with zero attached hydrogens (tertiary/aromatic N) is 2. The maximum atomic E-state index is 14.4. The summed E-state index contributed by atoms with van der Waals surface area (Å²) in [6.45, 7) is 4.37. The van der Waals surface area contributed by atoms with Gasteiger partial charge in [-0.3, -0.25) is 13.9 Å². The fourth-order valence-electron chi connectivity index (χ4n) is 9.01. The van der Waals surface area contributed by atoms with E-state index in [9.17, 15) is 18.0 Å². The summed E-state index contributed by atoms with van der Waals surface area (Å²) in [5.41, 5.74) is 4.86. The number of hydrogen-bond donors (Lipinski definition) is 1. The first-order chi connectivity index (χ1) is 23.0. The minimum absolute atomic E-state index is 0.181. The number of anilines is 1. The topological polar surface area (TPSA) is 86.8 Å². The van der Waals surface area contributed by atoms with Gasteiger partial charge in [-0.15, -0.1) is 0 Å². The molecule has 1 N–H and O–H groups in total. The molecule has 4 aliphatic carbocycles. The molecule has 0 spiro atoms. The molecule has 8 heteroatoms. The number of carbonyl (C=O) groups excluding carboxylic acids is 2. The molecule has 4 bridgehead atoms. The smallest absolute Gasteiger partial charge is 0.244 e. The third kappa shape index (κ3) is 7.80. The summed E-state index contributed by atoms with van der Waals surface area (Å²) in [5, 5.41) is 3.05. The summed E-state index contributed by atoms with van der Waals surface area (Å²) in [7, 11) is -3.82. The minimum Gasteiger partial charge on any atom is -0.354 e. The van der Waals surface area contributed by atoms with Crippen LogP contribution in [0.5, 0.6) is 0 Å². The molecule has 0 aromatic heterocycles. The zero-order valence-corrected chi connectivity index (χ0v) is 29.6. The van der Waals surface area contributed by atoms with Gasteiger partial charge in [-0.25, -0.2) is 8.42 Å². The van der Waals surface area contributed by atoms with Crippen molar-refractivity contribution in [1.29, 1.82) is 0 Å². The molecule has 4 aliphatic rings. The van der Waals surface area contributed by atoms with Crippen LogP contribution in [0.25, 0.3) is 0 Å². The Bertz CT molecular complexity index is 1640. The molecule has 4 fully saturated rings. The number of unbranched alkanes of at least 4 members (excludes halogenated alkanes) is 1. The van der Waals surface area contributed by atoms with Gasteiger partial charge in [0.05, 0.1) is 11.9 Å². The minimum atomic E-state index is -3.82. The molecule has 3 aromatic rings. The summed E-state index contributed by atoms with van der Waals surface area (Å²) in [6.07, 6.45) is 11.0. The molecular formula is C40H51N3O4S. The Labute approximate surface area is 287 Å². The molecular weight excluding hydrogens is 619 g/mol. The van der Waals surface area contributed by atoms with Gasteiger partial charge >= 0.3 is 0 Å². The third-order valence-corrected chi connectivity index (χ3v) is 12.2. The molecule has 0 aliphatic heterocycles. The normalized spacial score (nSPS) is 23.4. The second-order valence-electron chi connectivity index (χ2n) is 14.9. The highest BCUT2D eigenvalue weighted by atomic mass is 32.2. The lowest BCUT2D eigenvalue weighted by Gasteiger charge is -2.57. The molecule has 256 valence electrons. The standard InChI is InChI=1S/C40H51N3O4S/c1-4-5-19-41-39(45)37(23-30-9-7-6-8-10-30)42(27-31-13-11-29(2)12-14-31)38(44)28-43(48(3,46)47)36-17-15-35(16-18-36)40-24-32-20-33(25-40)22-34(21-32)26-40/h6-18,32-34,37H,4-5,19-28H2,1-3H3,(H,41,45)/t32?,33?,34?,37-,40?/m0/s1. The van der Waals surface area contributed by atoms with Gasteiger partial charge in [-0.2, -0.15) is 0 Å². The van der Waals surface area contributed by atoms with Crippen LogP contribution >= 0.6 is 0 Å². The number of aryl methyl sites for hydroxylation is 1. The van der Waals surface area contributed by atoms with Crippen LogP contribution in [0.15, 0.2) is 78.9 Å². The number of rotatable bonds is 14. The second-order valence-corrected chi connectivity index (χ2v) is 16.8. The molecule has 0 radical (unpaired) electrons. The predicted molar refractivity (Wildman–Crippen MR) is 192 cm³/mol. The van der Waals surface area contributed by atoms with Crippen LogP contribution in [-0.4, -0.2) is 50.5 Å². The van der Waals surface area contributed by atoms with E-state index >= 15 is 0 Å². The monoisotopic (exact) mass is 669 g/mol. The molecule has 0 heterocycles. The Morgan fingerprint density at radius 1 is 0.854 bits per heavy atom. The number of hydrogen-bond acceptors (Lipinski definition) is 4. The maximum absolute atomic E-state index is 14.4. The highest BCUT2D eigenvalue weighted by molar-refractivity contribution is 7.92. The van der Waals surface area contributed by atoms with Gasteiger partial charge in [0.25, 0.3) is 0 Å². The van der Waals surface area contributed by atoms with E-state index in [1.807, 2.05) is 73.7 Å². The number of benzene rings is 3. The van der Waals surface area contributed by atoms with Crippen molar-refractivity contribution in [2.45, 2.75) is 89.6 Å². The van der Waals surface area contributed by atoms with Gasteiger partial charge in [0.2, 0.25) is 21.8 Å². The fraction of sp³-hybridized carbons (Fsp3) is 0.500. The Kier molecular flexibility index (Phi) is 10.3. The van der Waals surface area contributed by atoms with E-state index in [4.69, 9.17) is 0 Å². The molecule has 7 rings (SSSR count). The van der Waals surface area contributed by atoms with Crippen LogP contribution in [0.2, 0.25) is 0 Å². The molecule has 7 nitrogen and oxygen atoms in total. The van der Waals surface area contributed by atoms with Gasteiger partial charge in [-0.05, 0) is 104 Å². The summed E-state index contributed by atoms with van der Waals surface area (Å²) in [5.74, 6) is 1.77. The van der Waals surface area contributed by atoms with Crippen molar-refractivity contribution in [2.24, 2.45) is 17.8 Å². The quantitative estimate of drug-likeness (QED) is 0.192. The lowest BCUT2D eigenvalue weighted by Crippen LogP contribution is -2.53. The van der Waals surface area contributed by atoms with E-state index < -0.39 is 28.5 Å². The van der Waals surface area contributed by atoms with Gasteiger partial charge < -0.3 is 10.2 Å². The van der Waals surface area contributed by atoms with Crippen molar-refractivity contribution in [3.63, 3.8) is 0 Å². The van der Waals surface area contributed by atoms with Gasteiger partial charge in [-0.1, -0.05) is 85.6 Å². The van der Waals surface area contributed by atoms with Crippen LogP contribution in [0.4, 0.5) is 5.69 Å². The average molecular weight is 670 g/mol. The number of sulfonamides is 1. The Hall–Kier alpha value is -3.65. The molecule has 48 heavy (non-hydrogen) atoms. The zero-order chi connectivity index (χ0) is 33.9. The highest BCUT2D eigenvalue weighted by Gasteiger charge is 2.51. The van der Waals surface area contributed by atoms with E-state index in [1.165, 1.54) is 48.4 Å². The number of amides is 2. The zero-order valence-electron chi connectivity index (χ0n) is 28.7. The first-order valence-electron chi connectivity index (χ1n) is 17.8. The van der Waals surface area contributed by atoms with Crippen LogP contribution < -0.4 is 9.62 Å². The van der Waals surface area contributed by atoms with Crippen molar-refractivity contribution in [3.8, 4) is 0 Å². The van der Waals surface area contributed by atoms with Crippen molar-refractivity contribution < 1.29 is 18.0 Å². The summed E-state index contributed by atoms with van der Waals surface area (Å²) >= 11 is 0. The lowest BCUT2D eigenvalue weighted by molar-refractivity contribution is -0.140. The summed E-state index contributed by atoms with van der Waals surface area (Å²) in [6, 6.07) is 24.7. The SMILES string of the molecule is CCCCNC(=O)[C@H](Cc1ccccc1)N(Cc1ccc(C)cc1)C(=O)CN(c1ccc(C23CC4CC(CC(C4)C2)C3)cc1)S(C)(=O)=O. The molecule has 0 unspecified atom stereocenters. The molecule has 1 atom stereocenters. The second kappa shape index (κ2) is 14.5. The van der Waals surface area contributed by atoms with E-state index in [-0.39, 0.29) is 17.9 Å². The van der Waals surface area contributed by atoms with Crippen molar-refractivity contribution in [2.75, 3.05) is 23.7 Å². The van der Waals surface area contributed by atoms with E-state index in [2.05, 4.69) is 24.4 Å². The molecule has 2 amide bonds. The number of carbonyl (C=O) groups is 2. The average Bonchev–Trinajstić information content (AvgIpc) is 3.05. The Morgan fingerprint density at radius 2 is 1.46 bits per heavy atom.